The average molecular weight is 538 g/mol. The van der Waals surface area contributed by atoms with Crippen molar-refractivity contribution < 1.29 is 28.8 Å². The fraction of sp³-hybridized carbons (Fsp3) is 0.562. The molecule has 1 saturated heterocycles. The maximum absolute atomic E-state index is 12.8. The number of carbonyl (C=O) groups excluding carboxylic acids is 2. The van der Waals surface area contributed by atoms with Crippen molar-refractivity contribution in [1.29, 1.82) is 0 Å². The van der Waals surface area contributed by atoms with Crippen molar-refractivity contribution in [3.8, 4) is 0 Å². The van der Waals surface area contributed by atoms with Crippen LogP contribution in [0.2, 0.25) is 0 Å². The first-order valence-electron chi connectivity index (χ1n) is 14.3. The van der Waals surface area contributed by atoms with Gasteiger partial charge in [-0.2, -0.15) is 4.89 Å². The van der Waals surface area contributed by atoms with Gasteiger partial charge in [-0.3, -0.25) is 9.79 Å². The quantitative estimate of drug-likeness (QED) is 0.158. The van der Waals surface area contributed by atoms with E-state index in [1.807, 2.05) is 30.9 Å². The molecule has 2 aliphatic rings. The van der Waals surface area contributed by atoms with Crippen molar-refractivity contribution in [2.45, 2.75) is 90.4 Å². The van der Waals surface area contributed by atoms with E-state index >= 15 is 0 Å². The maximum Gasteiger partial charge on any atom is 0.410 e. The van der Waals surface area contributed by atoms with Crippen LogP contribution in [-0.4, -0.2) is 48.4 Å². The number of amides is 1. The molecule has 0 radical (unpaired) electrons. The van der Waals surface area contributed by atoms with Gasteiger partial charge in [0, 0.05) is 12.0 Å². The van der Waals surface area contributed by atoms with Gasteiger partial charge in [-0.05, 0) is 87.5 Å². The van der Waals surface area contributed by atoms with E-state index in [9.17, 15) is 9.59 Å². The van der Waals surface area contributed by atoms with Gasteiger partial charge in [0.25, 0.3) is 0 Å². The third-order valence-electron chi connectivity index (χ3n) is 7.83. The summed E-state index contributed by atoms with van der Waals surface area (Å²) < 4.78 is 12.0. The highest BCUT2D eigenvalue weighted by Crippen LogP contribution is 2.36. The summed E-state index contributed by atoms with van der Waals surface area (Å²) in [4.78, 5) is 36.0. The average Bonchev–Trinajstić information content (AvgIpc) is 3.49. The summed E-state index contributed by atoms with van der Waals surface area (Å²) in [6.45, 7) is 9.47. The summed E-state index contributed by atoms with van der Waals surface area (Å²) in [6.07, 6.45) is 4.98. The van der Waals surface area contributed by atoms with Gasteiger partial charge in [-0.1, -0.05) is 55.5 Å². The second-order valence-corrected chi connectivity index (χ2v) is 11.5. The van der Waals surface area contributed by atoms with Crippen LogP contribution in [0.3, 0.4) is 0 Å². The van der Waals surface area contributed by atoms with Crippen LogP contribution in [-0.2, 0) is 43.3 Å². The van der Waals surface area contributed by atoms with Crippen LogP contribution >= 0.6 is 0 Å². The number of ether oxygens (including phenoxy) is 2. The van der Waals surface area contributed by atoms with E-state index in [0.29, 0.717) is 32.1 Å². The lowest BCUT2D eigenvalue weighted by molar-refractivity contribution is -0.272. The first-order chi connectivity index (χ1) is 18.8. The van der Waals surface area contributed by atoms with Crippen LogP contribution in [0.4, 0.5) is 4.79 Å². The lowest BCUT2D eigenvalue weighted by Gasteiger charge is -2.35. The van der Waals surface area contributed by atoms with Crippen molar-refractivity contribution >= 4 is 12.1 Å². The summed E-state index contributed by atoms with van der Waals surface area (Å²) >= 11 is 0. The minimum atomic E-state index is -0.335. The Kier molecular flexibility index (Phi) is 10.0. The highest BCUT2D eigenvalue weighted by atomic mass is 17.2. The molecule has 0 saturated carbocycles. The topological polar surface area (TPSA) is 74.3 Å². The van der Waals surface area contributed by atoms with Crippen LogP contribution in [0.15, 0.2) is 48.5 Å². The second kappa shape index (κ2) is 13.4. The van der Waals surface area contributed by atoms with E-state index in [4.69, 9.17) is 19.2 Å². The zero-order valence-electron chi connectivity index (χ0n) is 23.8. The molecule has 2 atom stereocenters. The molecule has 0 spiro atoms. The molecule has 7 nitrogen and oxygen atoms in total. The first-order valence-corrected chi connectivity index (χ1v) is 14.3. The summed E-state index contributed by atoms with van der Waals surface area (Å²) in [5.41, 5.74) is 4.85. The van der Waals surface area contributed by atoms with Crippen LogP contribution < -0.4 is 0 Å². The number of rotatable bonds is 14. The highest BCUT2D eigenvalue weighted by Gasteiger charge is 2.42. The number of aryl methyl sites for hydroxylation is 1. The number of hydrogen-bond donors (Lipinski definition) is 0. The molecule has 1 aliphatic heterocycles. The van der Waals surface area contributed by atoms with Crippen molar-refractivity contribution in [2.75, 3.05) is 19.8 Å². The predicted molar refractivity (Wildman–Crippen MR) is 149 cm³/mol. The molecule has 1 amide bonds. The van der Waals surface area contributed by atoms with Gasteiger partial charge in [0.15, 0.2) is 0 Å². The zero-order valence-corrected chi connectivity index (χ0v) is 23.8. The molecule has 0 aromatic heterocycles. The Labute approximate surface area is 232 Å². The number of cyclic esters (lactones) is 1. The van der Waals surface area contributed by atoms with Gasteiger partial charge in [0.2, 0.25) is 0 Å². The van der Waals surface area contributed by atoms with Crippen LogP contribution in [0, 0.1) is 5.92 Å². The minimum absolute atomic E-state index is 0.151. The van der Waals surface area contributed by atoms with Gasteiger partial charge < -0.3 is 9.47 Å². The molecular weight excluding hydrogens is 494 g/mol. The van der Waals surface area contributed by atoms with Crippen LogP contribution in [0.1, 0.15) is 81.7 Å². The summed E-state index contributed by atoms with van der Waals surface area (Å²) in [5.74, 6) is 0.199. The minimum Gasteiger partial charge on any atom is -0.442 e. The Hall–Kier alpha value is -2.90. The zero-order chi connectivity index (χ0) is 27.8. The Bertz CT molecular complexity index is 1090. The van der Waals surface area contributed by atoms with Crippen molar-refractivity contribution in [3.63, 3.8) is 0 Å². The monoisotopic (exact) mass is 537 g/mol. The van der Waals surface area contributed by atoms with Crippen LogP contribution in [0.25, 0.3) is 0 Å². The molecule has 1 fully saturated rings. The van der Waals surface area contributed by atoms with Crippen molar-refractivity contribution in [1.82, 2.24) is 4.90 Å². The van der Waals surface area contributed by atoms with Gasteiger partial charge in [-0.25, -0.2) is 9.59 Å². The maximum atomic E-state index is 12.8. The standard InChI is InChI=1S/C32H43NO6/c1-5-11-30(34)39-37-17-10-15-25-12-8-9-16-29(25)23(2)36-22-28-21-33(31(35)38-28)32(3,4)20-24-18-26-13-6-7-14-27(26)19-24/h6-9,12-14,16,23-24,28H,5,10-11,15,17-22H2,1-4H3/t23-,28-/m1/s1. The van der Waals surface area contributed by atoms with Crippen molar-refractivity contribution in [2.24, 2.45) is 5.92 Å². The molecule has 1 heterocycles. The normalized spacial score (nSPS) is 18.2. The Morgan fingerprint density at radius 3 is 2.51 bits per heavy atom. The summed E-state index contributed by atoms with van der Waals surface area (Å²) in [5, 5.41) is 0. The summed E-state index contributed by atoms with van der Waals surface area (Å²) in [6, 6.07) is 16.8. The molecular formula is C32H43NO6. The number of hydrogen-bond acceptors (Lipinski definition) is 6. The molecule has 39 heavy (non-hydrogen) atoms. The smallest absolute Gasteiger partial charge is 0.410 e. The Balaban J connectivity index is 1.23. The molecule has 2 aromatic rings. The van der Waals surface area contributed by atoms with E-state index in [1.54, 1.807) is 0 Å². The lowest BCUT2D eigenvalue weighted by atomic mass is 9.87. The highest BCUT2D eigenvalue weighted by molar-refractivity contribution is 5.71. The molecule has 0 unspecified atom stereocenters. The van der Waals surface area contributed by atoms with E-state index < -0.39 is 0 Å². The van der Waals surface area contributed by atoms with E-state index in [0.717, 1.165) is 49.7 Å². The molecule has 0 bridgehead atoms. The first kappa shape index (κ1) is 29.1. The number of nitrogens with zero attached hydrogens (tertiary/aromatic N) is 1. The molecule has 0 N–H and O–H groups in total. The Morgan fingerprint density at radius 2 is 1.79 bits per heavy atom. The largest absolute Gasteiger partial charge is 0.442 e. The SMILES string of the molecule is CCCC(=O)OOCCCc1ccccc1[C@@H](C)OC[C@H]1CN(C(C)(C)CC2Cc3ccccc3C2)C(=O)O1. The predicted octanol–water partition coefficient (Wildman–Crippen LogP) is 6.38. The van der Waals surface area contributed by atoms with E-state index in [1.165, 1.54) is 11.1 Å². The van der Waals surface area contributed by atoms with E-state index in [2.05, 4.69) is 50.2 Å². The molecule has 2 aromatic carbocycles. The summed E-state index contributed by atoms with van der Waals surface area (Å²) in [7, 11) is 0. The van der Waals surface area contributed by atoms with Gasteiger partial charge >= 0.3 is 12.1 Å². The van der Waals surface area contributed by atoms with E-state index in [-0.39, 0.29) is 29.8 Å². The number of fused-ring (bicyclic) bond motifs is 1. The molecule has 212 valence electrons. The van der Waals surface area contributed by atoms with Crippen LogP contribution in [0.5, 0.6) is 0 Å². The van der Waals surface area contributed by atoms with Gasteiger partial charge in [0.1, 0.15) is 6.10 Å². The van der Waals surface area contributed by atoms with Gasteiger partial charge in [-0.15, -0.1) is 0 Å². The molecule has 4 rings (SSSR count). The third kappa shape index (κ3) is 7.83. The fourth-order valence-corrected chi connectivity index (χ4v) is 5.89. The second-order valence-electron chi connectivity index (χ2n) is 11.5. The number of carbonyl (C=O) groups is 2. The molecule has 7 heteroatoms. The lowest BCUT2D eigenvalue weighted by Crippen LogP contribution is -2.46. The van der Waals surface area contributed by atoms with Gasteiger partial charge in [0.05, 0.1) is 25.9 Å². The fourth-order valence-electron chi connectivity index (χ4n) is 5.89. The third-order valence-corrected chi connectivity index (χ3v) is 7.83. The Morgan fingerprint density at radius 1 is 1.10 bits per heavy atom. The molecule has 1 aliphatic carbocycles. The number of benzene rings is 2. The van der Waals surface area contributed by atoms with Crippen molar-refractivity contribution in [3.05, 3.63) is 70.8 Å².